The maximum Gasteiger partial charge on any atom is 0.422 e. The number of halogens is 3. The van der Waals surface area contributed by atoms with Gasteiger partial charge in [-0.2, -0.15) is 13.2 Å². The van der Waals surface area contributed by atoms with E-state index in [4.69, 9.17) is 14.3 Å². The number of fused-ring (bicyclic) bond motifs is 1. The lowest BCUT2D eigenvalue weighted by Gasteiger charge is -2.14. The van der Waals surface area contributed by atoms with Gasteiger partial charge in [0.2, 0.25) is 5.89 Å². The maximum absolute atomic E-state index is 12.8. The van der Waals surface area contributed by atoms with Gasteiger partial charge in [-0.25, -0.2) is 4.98 Å². The van der Waals surface area contributed by atoms with Crippen LogP contribution < -0.4 is 9.72 Å². The number of rotatable bonds is 8. The molecule has 1 radical (unpaired) electrons. The van der Waals surface area contributed by atoms with Crippen molar-refractivity contribution in [3.8, 4) is 28.3 Å². The Morgan fingerprint density at radius 3 is 2.51 bits per heavy atom. The van der Waals surface area contributed by atoms with Crippen LogP contribution in [-0.4, -0.2) is 37.4 Å². The largest absolute Gasteiger partial charge is 0.485 e. The van der Waals surface area contributed by atoms with Crippen molar-refractivity contribution < 1.29 is 32.2 Å². The monoisotopic (exact) mass is 499 g/mol. The molecule has 0 fully saturated rings. The van der Waals surface area contributed by atoms with Gasteiger partial charge in [-0.05, 0) is 42.3 Å². The lowest BCUT2D eigenvalue weighted by atomic mass is 9.96. The smallest absolute Gasteiger partial charge is 0.422 e. The molecule has 6 nitrogen and oxygen atoms in total. The lowest BCUT2D eigenvalue weighted by molar-refractivity contribution is -0.153. The second-order valence-corrected chi connectivity index (χ2v) is 10.0. The molecular formula is C25H22F3N2O4Si. The van der Waals surface area contributed by atoms with E-state index in [0.717, 1.165) is 22.3 Å². The zero-order valence-corrected chi connectivity index (χ0v) is 19.9. The number of carboxylic acid groups (broad SMARTS) is 1. The van der Waals surface area contributed by atoms with Crippen LogP contribution in [0.4, 0.5) is 18.0 Å². The van der Waals surface area contributed by atoms with Gasteiger partial charge >= 0.3 is 6.18 Å². The van der Waals surface area contributed by atoms with E-state index in [9.17, 15) is 18.0 Å². The molecule has 0 aliphatic heterocycles. The second-order valence-electron chi connectivity index (χ2n) is 7.98. The summed E-state index contributed by atoms with van der Waals surface area (Å²) in [7, 11) is -1.94. The van der Waals surface area contributed by atoms with E-state index in [2.05, 4.69) is 9.97 Å². The number of nitrogens with zero attached hydrogens (tertiary/aromatic N) is 1. The Hall–Kier alpha value is -3.63. The van der Waals surface area contributed by atoms with Crippen molar-refractivity contribution >= 4 is 25.7 Å². The average molecular weight is 500 g/mol. The van der Waals surface area contributed by atoms with Gasteiger partial charge in [-0.1, -0.05) is 42.5 Å². The van der Waals surface area contributed by atoms with Crippen molar-refractivity contribution in [3.63, 3.8) is 0 Å². The molecule has 3 aromatic carbocycles. The van der Waals surface area contributed by atoms with Crippen LogP contribution in [0, 0.1) is 6.92 Å². The van der Waals surface area contributed by atoms with E-state index < -0.39 is 27.3 Å². The summed E-state index contributed by atoms with van der Waals surface area (Å²) in [4.78, 5) is 18.6. The highest BCUT2D eigenvalue weighted by molar-refractivity contribution is 6.85. The molecule has 2 N–H and O–H groups in total. The van der Waals surface area contributed by atoms with E-state index in [-0.39, 0.29) is 17.9 Å². The van der Waals surface area contributed by atoms with Crippen molar-refractivity contribution in [2.45, 2.75) is 26.2 Å². The molecular weight excluding hydrogens is 477 g/mol. The fourth-order valence-electron chi connectivity index (χ4n) is 3.65. The fourth-order valence-corrected chi connectivity index (χ4v) is 4.25. The zero-order chi connectivity index (χ0) is 25.2. The molecule has 1 aromatic heterocycles. The standard InChI is InChI=1S/C25H22F3N2O4Si/c1-15-18(16-7-4-3-5-8-16)9-6-10-19(15)23-30-20-11-17(13-29-35(2)24(31)32)21(12-22(20)34-23)33-14-25(26,27)28/h3-12,29H,13-14H2,1-2H3,(H,31,32). The van der Waals surface area contributed by atoms with Gasteiger partial charge in [0, 0.05) is 23.7 Å². The maximum atomic E-state index is 12.8. The predicted octanol–water partition coefficient (Wildman–Crippen LogP) is 6.38. The normalized spacial score (nSPS) is 11.8. The first-order valence-corrected chi connectivity index (χ1v) is 12.7. The summed E-state index contributed by atoms with van der Waals surface area (Å²) in [6, 6.07) is 18.5. The van der Waals surface area contributed by atoms with E-state index in [0.29, 0.717) is 17.0 Å². The van der Waals surface area contributed by atoms with Crippen molar-refractivity contribution in [2.75, 3.05) is 6.61 Å². The molecule has 0 aliphatic carbocycles. The number of hydrogen-bond acceptors (Lipinski definition) is 5. The van der Waals surface area contributed by atoms with Gasteiger partial charge < -0.3 is 19.2 Å². The topological polar surface area (TPSA) is 84.6 Å². The first-order valence-electron chi connectivity index (χ1n) is 10.7. The third kappa shape index (κ3) is 5.72. The summed E-state index contributed by atoms with van der Waals surface area (Å²) in [5.74, 6) is 0.285. The number of carbonyl (C=O) groups is 1. The Bertz CT molecular complexity index is 1360. The number of hydrogen-bond donors (Lipinski definition) is 2. The van der Waals surface area contributed by atoms with Crippen LogP contribution in [0.15, 0.2) is 65.1 Å². The minimum absolute atomic E-state index is 0.0188. The predicted molar refractivity (Wildman–Crippen MR) is 128 cm³/mol. The number of alkyl halides is 3. The van der Waals surface area contributed by atoms with Crippen LogP contribution in [0.5, 0.6) is 5.75 Å². The van der Waals surface area contributed by atoms with Crippen molar-refractivity contribution in [1.29, 1.82) is 0 Å². The van der Waals surface area contributed by atoms with Crippen LogP contribution in [0.25, 0.3) is 33.7 Å². The minimum atomic E-state index is -4.53. The summed E-state index contributed by atoms with van der Waals surface area (Å²) in [6.45, 7) is 2.04. The molecule has 0 aliphatic rings. The molecule has 1 heterocycles. The van der Waals surface area contributed by atoms with Crippen LogP contribution in [0.1, 0.15) is 11.1 Å². The molecule has 0 bridgehead atoms. The number of benzene rings is 3. The minimum Gasteiger partial charge on any atom is -0.485 e. The highest BCUT2D eigenvalue weighted by atomic mass is 28.3. The van der Waals surface area contributed by atoms with E-state index in [1.165, 1.54) is 6.07 Å². The number of nitrogens with one attached hydrogen (secondary N) is 1. The highest BCUT2D eigenvalue weighted by Crippen LogP contribution is 2.35. The Morgan fingerprint density at radius 2 is 1.83 bits per heavy atom. The van der Waals surface area contributed by atoms with Gasteiger partial charge in [0.1, 0.15) is 11.3 Å². The van der Waals surface area contributed by atoms with Crippen LogP contribution in [-0.2, 0) is 6.54 Å². The van der Waals surface area contributed by atoms with Crippen LogP contribution >= 0.6 is 0 Å². The Balaban J connectivity index is 1.73. The SMILES string of the molecule is Cc1c(-c2ccccc2)cccc1-c1nc2cc(CN[Si](C)C(=O)O)c(OCC(F)(F)F)cc2o1. The number of oxazole rings is 1. The molecule has 0 atom stereocenters. The summed E-state index contributed by atoms with van der Waals surface area (Å²) < 4.78 is 49.4. The van der Waals surface area contributed by atoms with E-state index in [1.807, 2.05) is 55.5 Å². The van der Waals surface area contributed by atoms with Crippen molar-refractivity contribution in [1.82, 2.24) is 9.97 Å². The molecule has 181 valence electrons. The van der Waals surface area contributed by atoms with E-state index >= 15 is 0 Å². The highest BCUT2D eigenvalue weighted by Gasteiger charge is 2.29. The fraction of sp³-hybridized carbons (Fsp3) is 0.200. The van der Waals surface area contributed by atoms with Gasteiger partial charge in [0.25, 0.3) is 14.6 Å². The molecule has 35 heavy (non-hydrogen) atoms. The lowest BCUT2D eigenvalue weighted by Crippen LogP contribution is -2.37. The summed E-state index contributed by atoms with van der Waals surface area (Å²) >= 11 is 0. The summed E-state index contributed by atoms with van der Waals surface area (Å²) in [5.41, 5.74) is 3.83. The van der Waals surface area contributed by atoms with Gasteiger partial charge in [0.15, 0.2) is 12.2 Å². The molecule has 4 aromatic rings. The summed E-state index contributed by atoms with van der Waals surface area (Å²) in [6.07, 6.45) is -4.53. The second kappa shape index (κ2) is 9.93. The van der Waals surface area contributed by atoms with Gasteiger partial charge in [0.05, 0.1) is 0 Å². The number of ether oxygens (including phenoxy) is 1. The third-order valence-corrected chi connectivity index (χ3v) is 6.82. The molecule has 0 amide bonds. The summed E-state index contributed by atoms with van der Waals surface area (Å²) in [5, 5.41) is 9.15. The molecule has 4 rings (SSSR count). The van der Waals surface area contributed by atoms with Gasteiger partial charge in [-0.3, -0.25) is 4.79 Å². The molecule has 0 unspecified atom stereocenters. The molecule has 0 saturated heterocycles. The Labute approximate surface area is 201 Å². The Kier molecular flexibility index (Phi) is 6.95. The van der Waals surface area contributed by atoms with Gasteiger partial charge in [-0.15, -0.1) is 0 Å². The van der Waals surface area contributed by atoms with Crippen molar-refractivity contribution in [3.05, 3.63) is 71.8 Å². The Morgan fingerprint density at radius 1 is 1.11 bits per heavy atom. The van der Waals surface area contributed by atoms with Crippen molar-refractivity contribution in [2.24, 2.45) is 0 Å². The number of aromatic nitrogens is 1. The molecule has 0 spiro atoms. The average Bonchev–Trinajstić information content (AvgIpc) is 3.23. The van der Waals surface area contributed by atoms with E-state index in [1.54, 1.807) is 12.6 Å². The first-order chi connectivity index (χ1) is 16.6. The van der Waals surface area contributed by atoms with Crippen LogP contribution in [0.2, 0.25) is 6.55 Å². The third-order valence-electron chi connectivity index (χ3n) is 5.48. The first kappa shape index (κ1) is 24.5. The quantitative estimate of drug-likeness (QED) is 0.274. The zero-order valence-electron chi connectivity index (χ0n) is 18.9. The molecule has 10 heteroatoms. The van der Waals surface area contributed by atoms with Crippen LogP contribution in [0.3, 0.4) is 0 Å². The molecule has 0 saturated carbocycles.